The van der Waals surface area contributed by atoms with Gasteiger partial charge in [-0.1, -0.05) is 5.16 Å². The first kappa shape index (κ1) is 12.2. The molecule has 16 heavy (non-hydrogen) atoms. The minimum atomic E-state index is -0.951. The normalized spacial score (nSPS) is 10.1. The second kappa shape index (κ2) is 5.86. The molecule has 7 heteroatoms. The van der Waals surface area contributed by atoms with Crippen LogP contribution in [-0.2, 0) is 9.59 Å². The maximum absolute atomic E-state index is 11.3. The molecule has 0 spiro atoms. The fraction of sp³-hybridized carbons (Fsp3) is 0.444. The number of hydrogen-bond donors (Lipinski definition) is 3. The molecule has 88 valence electrons. The molecule has 0 aliphatic carbocycles. The van der Waals surface area contributed by atoms with Crippen LogP contribution in [0.4, 0.5) is 5.82 Å². The van der Waals surface area contributed by atoms with Crippen molar-refractivity contribution < 1.29 is 19.2 Å². The number of carbonyl (C=O) groups excluding carboxylic acids is 1. The second-order valence-electron chi connectivity index (χ2n) is 3.19. The number of nitrogens with one attached hydrogen (secondary N) is 2. The van der Waals surface area contributed by atoms with Gasteiger partial charge in [-0.25, -0.2) is 0 Å². The summed E-state index contributed by atoms with van der Waals surface area (Å²) >= 11 is 0. The lowest BCUT2D eigenvalue weighted by atomic mass is 10.4. The predicted octanol–water partition coefficient (Wildman–Crippen LogP) is -0.0142. The Labute approximate surface area is 91.8 Å². The van der Waals surface area contributed by atoms with Gasteiger partial charge in [0.1, 0.15) is 5.76 Å². The molecule has 0 aromatic carbocycles. The van der Waals surface area contributed by atoms with E-state index in [0.29, 0.717) is 18.1 Å². The van der Waals surface area contributed by atoms with Crippen LogP contribution in [0.2, 0.25) is 0 Å². The van der Waals surface area contributed by atoms with E-state index in [1.165, 1.54) is 0 Å². The summed E-state index contributed by atoms with van der Waals surface area (Å²) in [5, 5.41) is 17.0. The summed E-state index contributed by atoms with van der Waals surface area (Å²) in [6.45, 7) is 1.86. The Bertz CT molecular complexity index is 375. The molecule has 7 nitrogen and oxygen atoms in total. The molecular formula is C9H13N3O4. The molecule has 3 N–H and O–H groups in total. The number of hydrogen-bond acceptors (Lipinski definition) is 5. The topological polar surface area (TPSA) is 104 Å². The minimum Gasteiger partial charge on any atom is -0.480 e. The van der Waals surface area contributed by atoms with Crippen molar-refractivity contribution in [3.05, 3.63) is 11.8 Å². The van der Waals surface area contributed by atoms with E-state index < -0.39 is 5.97 Å². The minimum absolute atomic E-state index is 0.156. The molecule has 0 saturated heterocycles. The molecule has 1 aromatic rings. The van der Waals surface area contributed by atoms with Crippen LogP contribution in [0.15, 0.2) is 10.6 Å². The van der Waals surface area contributed by atoms with Crippen molar-refractivity contribution in [1.29, 1.82) is 0 Å². The highest BCUT2D eigenvalue weighted by Crippen LogP contribution is 2.06. The Morgan fingerprint density at radius 3 is 2.88 bits per heavy atom. The number of aliphatic carboxylic acids is 1. The van der Waals surface area contributed by atoms with E-state index in [1.807, 2.05) is 0 Å². The Morgan fingerprint density at radius 2 is 2.31 bits per heavy atom. The summed E-state index contributed by atoms with van der Waals surface area (Å²) in [6.07, 6.45) is 0.180. The first-order chi connectivity index (χ1) is 7.58. The molecule has 1 rings (SSSR count). The van der Waals surface area contributed by atoms with E-state index in [9.17, 15) is 9.59 Å². The van der Waals surface area contributed by atoms with Crippen molar-refractivity contribution >= 4 is 17.7 Å². The number of carbonyl (C=O) groups is 2. The average molecular weight is 227 g/mol. The summed E-state index contributed by atoms with van der Waals surface area (Å²) in [5.41, 5.74) is 0. The molecule has 0 unspecified atom stereocenters. The van der Waals surface area contributed by atoms with Gasteiger partial charge in [0.15, 0.2) is 5.82 Å². The van der Waals surface area contributed by atoms with Crippen molar-refractivity contribution in [2.45, 2.75) is 13.3 Å². The maximum atomic E-state index is 11.3. The van der Waals surface area contributed by atoms with Crippen LogP contribution in [0.5, 0.6) is 0 Å². The lowest BCUT2D eigenvalue weighted by Crippen LogP contribution is -2.26. The molecule has 0 atom stereocenters. The third kappa shape index (κ3) is 4.56. The quantitative estimate of drug-likeness (QED) is 0.590. The lowest BCUT2D eigenvalue weighted by Gasteiger charge is -2.01. The zero-order valence-corrected chi connectivity index (χ0v) is 8.82. The summed E-state index contributed by atoms with van der Waals surface area (Å²) < 4.78 is 4.76. The number of rotatable bonds is 6. The number of amides is 1. The van der Waals surface area contributed by atoms with Gasteiger partial charge in [-0.05, 0) is 6.92 Å². The molecule has 1 amide bonds. The molecule has 0 aliphatic heterocycles. The van der Waals surface area contributed by atoms with Crippen LogP contribution in [-0.4, -0.2) is 35.2 Å². The van der Waals surface area contributed by atoms with Crippen LogP contribution in [0.1, 0.15) is 12.2 Å². The van der Waals surface area contributed by atoms with E-state index in [0.717, 1.165) is 0 Å². The van der Waals surface area contributed by atoms with E-state index in [2.05, 4.69) is 15.8 Å². The Morgan fingerprint density at radius 1 is 1.56 bits per heavy atom. The van der Waals surface area contributed by atoms with Crippen LogP contribution in [0.25, 0.3) is 0 Å². The fourth-order valence-electron chi connectivity index (χ4n) is 1.03. The van der Waals surface area contributed by atoms with Gasteiger partial charge in [0.25, 0.3) is 0 Å². The Balaban J connectivity index is 2.18. The van der Waals surface area contributed by atoms with Gasteiger partial charge in [-0.15, -0.1) is 0 Å². The highest BCUT2D eigenvalue weighted by Gasteiger charge is 2.05. The number of anilines is 1. The molecule has 0 aliphatic rings. The van der Waals surface area contributed by atoms with Gasteiger partial charge >= 0.3 is 5.97 Å². The Hall–Kier alpha value is -1.89. The number of carboxylic acid groups (broad SMARTS) is 1. The molecule has 1 heterocycles. The number of aromatic nitrogens is 1. The van der Waals surface area contributed by atoms with E-state index >= 15 is 0 Å². The highest BCUT2D eigenvalue weighted by molar-refractivity contribution is 5.89. The SMILES string of the molecule is Cc1cc(NC(=O)CCNCC(=O)O)no1. The predicted molar refractivity (Wildman–Crippen MR) is 55.0 cm³/mol. The zero-order chi connectivity index (χ0) is 12.0. The summed E-state index contributed by atoms with van der Waals surface area (Å²) in [5.74, 6) is -0.223. The first-order valence-corrected chi connectivity index (χ1v) is 4.73. The number of carboxylic acids is 1. The van der Waals surface area contributed by atoms with E-state index in [-0.39, 0.29) is 18.9 Å². The molecule has 1 aromatic heterocycles. The number of aryl methyl sites for hydroxylation is 1. The van der Waals surface area contributed by atoms with Gasteiger partial charge in [0.05, 0.1) is 6.54 Å². The maximum Gasteiger partial charge on any atom is 0.317 e. The molecule has 0 radical (unpaired) electrons. The van der Waals surface area contributed by atoms with Crippen LogP contribution >= 0.6 is 0 Å². The molecule has 0 fully saturated rings. The second-order valence-corrected chi connectivity index (χ2v) is 3.19. The van der Waals surface area contributed by atoms with Crippen LogP contribution < -0.4 is 10.6 Å². The van der Waals surface area contributed by atoms with Crippen molar-refractivity contribution in [2.75, 3.05) is 18.4 Å². The zero-order valence-electron chi connectivity index (χ0n) is 8.82. The van der Waals surface area contributed by atoms with Crippen LogP contribution in [0, 0.1) is 6.92 Å². The van der Waals surface area contributed by atoms with Crippen LogP contribution in [0.3, 0.4) is 0 Å². The smallest absolute Gasteiger partial charge is 0.317 e. The number of nitrogens with zero attached hydrogens (tertiary/aromatic N) is 1. The van der Waals surface area contributed by atoms with Crippen molar-refractivity contribution in [3.8, 4) is 0 Å². The van der Waals surface area contributed by atoms with Crippen molar-refractivity contribution in [1.82, 2.24) is 10.5 Å². The fourth-order valence-corrected chi connectivity index (χ4v) is 1.03. The van der Waals surface area contributed by atoms with Crippen molar-refractivity contribution in [3.63, 3.8) is 0 Å². The Kier molecular flexibility index (Phi) is 4.46. The average Bonchev–Trinajstić information content (AvgIpc) is 2.58. The highest BCUT2D eigenvalue weighted by atomic mass is 16.5. The third-order valence-corrected chi connectivity index (χ3v) is 1.70. The van der Waals surface area contributed by atoms with Gasteiger partial charge in [-0.3, -0.25) is 9.59 Å². The van der Waals surface area contributed by atoms with Gasteiger partial charge in [-0.2, -0.15) is 0 Å². The van der Waals surface area contributed by atoms with E-state index in [1.54, 1.807) is 13.0 Å². The largest absolute Gasteiger partial charge is 0.480 e. The van der Waals surface area contributed by atoms with Gasteiger partial charge in [0.2, 0.25) is 5.91 Å². The van der Waals surface area contributed by atoms with Crippen molar-refractivity contribution in [2.24, 2.45) is 0 Å². The summed E-state index contributed by atoms with van der Waals surface area (Å²) in [4.78, 5) is 21.4. The standard InChI is InChI=1S/C9H13N3O4/c1-6-4-7(12-16-6)11-8(13)2-3-10-5-9(14)15/h4,10H,2-3,5H2,1H3,(H,14,15)(H,11,12,13). The van der Waals surface area contributed by atoms with Gasteiger partial charge in [0, 0.05) is 19.0 Å². The summed E-state index contributed by atoms with van der Waals surface area (Å²) in [7, 11) is 0. The molecule has 0 saturated carbocycles. The lowest BCUT2D eigenvalue weighted by molar-refractivity contribution is -0.136. The van der Waals surface area contributed by atoms with E-state index in [4.69, 9.17) is 9.63 Å². The monoisotopic (exact) mass is 227 g/mol. The summed E-state index contributed by atoms with van der Waals surface area (Å²) in [6, 6.07) is 1.60. The third-order valence-electron chi connectivity index (χ3n) is 1.70. The first-order valence-electron chi connectivity index (χ1n) is 4.73. The molecule has 0 bridgehead atoms. The molecular weight excluding hydrogens is 214 g/mol. The van der Waals surface area contributed by atoms with Gasteiger partial charge < -0.3 is 20.3 Å².